The van der Waals surface area contributed by atoms with E-state index in [0.29, 0.717) is 11.5 Å². The first-order valence-corrected chi connectivity index (χ1v) is 7.91. The molecule has 0 unspecified atom stereocenters. The number of hydrogen-bond acceptors (Lipinski definition) is 6. The zero-order chi connectivity index (χ0) is 16.2. The first-order chi connectivity index (χ1) is 11.3. The normalized spacial score (nSPS) is 16.9. The van der Waals surface area contributed by atoms with E-state index in [2.05, 4.69) is 36.9 Å². The van der Waals surface area contributed by atoms with Crippen molar-refractivity contribution in [1.82, 2.24) is 20.0 Å². The summed E-state index contributed by atoms with van der Waals surface area (Å²) in [5.74, 6) is 0.467. The molecule has 0 bridgehead atoms. The highest BCUT2D eigenvalue weighted by atomic mass is 16.5. The number of aliphatic imine (C=N–C) groups is 1. The molecular formula is C15H23N7O. The number of nitrogens with two attached hydrogens (primary N) is 1. The molecule has 3 N–H and O–H groups in total. The van der Waals surface area contributed by atoms with Gasteiger partial charge in [0.15, 0.2) is 5.65 Å². The fraction of sp³-hybridized carbons (Fsp3) is 0.533. The minimum atomic E-state index is 0.467. The Morgan fingerprint density at radius 1 is 1.43 bits per heavy atom. The van der Waals surface area contributed by atoms with E-state index < -0.39 is 0 Å². The van der Waals surface area contributed by atoms with Gasteiger partial charge in [-0.05, 0) is 6.42 Å². The number of ether oxygens (including phenoxy) is 1. The lowest BCUT2D eigenvalue weighted by atomic mass is 10.1. The number of nitrogens with one attached hydrogen (secondary N) is 1. The summed E-state index contributed by atoms with van der Waals surface area (Å²) in [5, 5.41) is 4.52. The van der Waals surface area contributed by atoms with Gasteiger partial charge in [0.25, 0.3) is 0 Å². The molecule has 0 saturated carbocycles. The molecule has 0 spiro atoms. The lowest BCUT2D eigenvalue weighted by molar-refractivity contribution is 0.0316. The van der Waals surface area contributed by atoms with E-state index in [9.17, 15) is 0 Å². The minimum Gasteiger partial charge on any atom is -0.383 e. The number of pyridine rings is 1. The van der Waals surface area contributed by atoms with Gasteiger partial charge in [-0.25, -0.2) is 15.0 Å². The number of aromatic nitrogens is 3. The molecule has 1 saturated heterocycles. The highest BCUT2D eigenvalue weighted by Crippen LogP contribution is 2.27. The number of morpholine rings is 1. The number of H-pyrrole nitrogens is 1. The molecule has 0 aromatic carbocycles. The molecule has 0 amide bonds. The van der Waals surface area contributed by atoms with E-state index in [-0.39, 0.29) is 0 Å². The Bertz CT molecular complexity index is 690. The number of amidine groups is 1. The largest absolute Gasteiger partial charge is 0.383 e. The summed E-state index contributed by atoms with van der Waals surface area (Å²) in [6.45, 7) is 6.19. The van der Waals surface area contributed by atoms with Crippen LogP contribution >= 0.6 is 0 Å². The second kappa shape index (κ2) is 6.93. The van der Waals surface area contributed by atoms with Crippen molar-refractivity contribution in [3.8, 4) is 0 Å². The molecule has 0 atom stereocenters. The van der Waals surface area contributed by atoms with E-state index in [4.69, 9.17) is 10.5 Å². The molecule has 3 heterocycles. The van der Waals surface area contributed by atoms with Crippen LogP contribution in [-0.4, -0.2) is 65.7 Å². The van der Waals surface area contributed by atoms with Gasteiger partial charge in [0, 0.05) is 26.7 Å². The Kier molecular flexibility index (Phi) is 4.73. The van der Waals surface area contributed by atoms with Crippen LogP contribution in [0.15, 0.2) is 17.5 Å². The molecule has 124 valence electrons. The van der Waals surface area contributed by atoms with Gasteiger partial charge in [-0.15, -0.1) is 0 Å². The van der Waals surface area contributed by atoms with Gasteiger partial charge in [-0.3, -0.25) is 4.99 Å². The molecule has 1 aliphatic rings. The van der Waals surface area contributed by atoms with Crippen LogP contribution in [0.4, 0.5) is 5.69 Å². The number of anilines is 1. The summed E-state index contributed by atoms with van der Waals surface area (Å²) < 4.78 is 5.47. The van der Waals surface area contributed by atoms with Crippen molar-refractivity contribution >= 4 is 22.7 Å². The number of imidazole rings is 1. The standard InChI is InChI=1S/C15H23N7O/c1-3-4-22(21-5-7-23-8-6-21)11-9-18-15-13(19-10-20-15)12(11)14(16)17-2/h9-10H,3-8H2,1-2H3,(H2,16,17)(H,18,19,20). The SMILES string of the molecule is CCCN(c1cnc2[nH]cnc2c1C(N)=NC)N1CCOCC1. The van der Waals surface area contributed by atoms with Crippen LogP contribution < -0.4 is 10.7 Å². The van der Waals surface area contributed by atoms with Crippen LogP contribution in [-0.2, 0) is 4.74 Å². The monoisotopic (exact) mass is 317 g/mol. The van der Waals surface area contributed by atoms with Gasteiger partial charge in [-0.1, -0.05) is 6.92 Å². The van der Waals surface area contributed by atoms with Gasteiger partial charge < -0.3 is 20.5 Å². The summed E-state index contributed by atoms with van der Waals surface area (Å²) in [4.78, 5) is 16.1. The Morgan fingerprint density at radius 3 is 2.91 bits per heavy atom. The molecule has 1 aliphatic heterocycles. The summed E-state index contributed by atoms with van der Waals surface area (Å²) in [5.41, 5.74) is 9.42. The number of fused-ring (bicyclic) bond motifs is 1. The summed E-state index contributed by atoms with van der Waals surface area (Å²) in [6.07, 6.45) is 4.49. The quantitative estimate of drug-likeness (QED) is 0.624. The predicted molar refractivity (Wildman–Crippen MR) is 90.6 cm³/mol. The van der Waals surface area contributed by atoms with Gasteiger partial charge in [0.2, 0.25) is 0 Å². The third kappa shape index (κ3) is 2.99. The topological polar surface area (TPSA) is 95.7 Å². The average molecular weight is 317 g/mol. The van der Waals surface area contributed by atoms with Crippen molar-refractivity contribution < 1.29 is 4.74 Å². The highest BCUT2D eigenvalue weighted by Gasteiger charge is 2.24. The number of hydrazine groups is 1. The van der Waals surface area contributed by atoms with Crippen molar-refractivity contribution in [2.45, 2.75) is 13.3 Å². The third-order valence-corrected chi connectivity index (χ3v) is 3.97. The number of hydrogen-bond donors (Lipinski definition) is 2. The van der Waals surface area contributed by atoms with E-state index in [1.54, 1.807) is 13.4 Å². The average Bonchev–Trinajstić information content (AvgIpc) is 3.07. The fourth-order valence-electron chi connectivity index (χ4n) is 2.86. The minimum absolute atomic E-state index is 0.467. The molecule has 0 aliphatic carbocycles. The molecule has 1 fully saturated rings. The highest BCUT2D eigenvalue weighted by molar-refractivity contribution is 6.10. The fourth-order valence-corrected chi connectivity index (χ4v) is 2.86. The van der Waals surface area contributed by atoms with E-state index in [1.807, 2.05) is 6.20 Å². The van der Waals surface area contributed by atoms with Crippen LogP contribution in [0.3, 0.4) is 0 Å². The van der Waals surface area contributed by atoms with Crippen molar-refractivity contribution in [1.29, 1.82) is 0 Å². The number of aromatic amines is 1. The van der Waals surface area contributed by atoms with Crippen LogP contribution in [0.25, 0.3) is 11.2 Å². The van der Waals surface area contributed by atoms with Crippen LogP contribution in [0.1, 0.15) is 18.9 Å². The lowest BCUT2D eigenvalue weighted by Gasteiger charge is -2.39. The van der Waals surface area contributed by atoms with Crippen molar-refractivity contribution in [3.63, 3.8) is 0 Å². The second-order valence-electron chi connectivity index (χ2n) is 5.42. The lowest BCUT2D eigenvalue weighted by Crippen LogP contribution is -2.50. The van der Waals surface area contributed by atoms with Gasteiger partial charge in [0.05, 0.1) is 37.0 Å². The van der Waals surface area contributed by atoms with E-state index in [0.717, 1.165) is 56.0 Å². The van der Waals surface area contributed by atoms with E-state index >= 15 is 0 Å². The second-order valence-corrected chi connectivity index (χ2v) is 5.42. The first kappa shape index (κ1) is 15.7. The maximum atomic E-state index is 6.18. The van der Waals surface area contributed by atoms with Crippen LogP contribution in [0.5, 0.6) is 0 Å². The van der Waals surface area contributed by atoms with Crippen LogP contribution in [0, 0.1) is 0 Å². The predicted octanol–water partition coefficient (Wildman–Crippen LogP) is 0.757. The Morgan fingerprint density at radius 2 is 2.22 bits per heavy atom. The van der Waals surface area contributed by atoms with Crippen molar-refractivity contribution in [2.24, 2.45) is 10.7 Å². The zero-order valence-electron chi connectivity index (χ0n) is 13.6. The van der Waals surface area contributed by atoms with Gasteiger partial charge >= 0.3 is 0 Å². The Balaban J connectivity index is 2.11. The molecule has 3 rings (SSSR count). The van der Waals surface area contributed by atoms with Gasteiger partial charge in [0.1, 0.15) is 11.4 Å². The van der Waals surface area contributed by atoms with Crippen molar-refractivity contribution in [2.75, 3.05) is 44.9 Å². The van der Waals surface area contributed by atoms with Crippen LogP contribution in [0.2, 0.25) is 0 Å². The van der Waals surface area contributed by atoms with Gasteiger partial charge in [-0.2, -0.15) is 0 Å². The van der Waals surface area contributed by atoms with E-state index in [1.165, 1.54) is 0 Å². The smallest absolute Gasteiger partial charge is 0.158 e. The molecule has 2 aromatic rings. The summed E-state index contributed by atoms with van der Waals surface area (Å²) in [7, 11) is 1.69. The maximum absolute atomic E-state index is 6.18. The summed E-state index contributed by atoms with van der Waals surface area (Å²) >= 11 is 0. The first-order valence-electron chi connectivity index (χ1n) is 7.91. The number of nitrogens with zero attached hydrogens (tertiary/aromatic N) is 5. The molecule has 0 radical (unpaired) electrons. The zero-order valence-corrected chi connectivity index (χ0v) is 13.6. The molecule has 2 aromatic heterocycles. The summed E-state index contributed by atoms with van der Waals surface area (Å²) in [6, 6.07) is 0. The third-order valence-electron chi connectivity index (χ3n) is 3.97. The molecule has 23 heavy (non-hydrogen) atoms. The van der Waals surface area contributed by atoms with Crippen molar-refractivity contribution in [3.05, 3.63) is 18.1 Å². The number of rotatable bonds is 5. The Labute approximate surface area is 135 Å². The molecule has 8 nitrogen and oxygen atoms in total. The maximum Gasteiger partial charge on any atom is 0.158 e. The molecule has 8 heteroatoms. The Hall–Kier alpha value is -2.19. The molecular weight excluding hydrogens is 294 g/mol.